The Labute approximate surface area is 200 Å². The number of aromatic nitrogens is 3. The van der Waals surface area contributed by atoms with E-state index in [0.29, 0.717) is 27.9 Å². The first-order chi connectivity index (χ1) is 16.3. The molecule has 0 radical (unpaired) electrons. The lowest BCUT2D eigenvalue weighted by Gasteiger charge is -2.15. The normalized spacial score (nSPS) is 11.8. The van der Waals surface area contributed by atoms with Crippen LogP contribution in [0, 0.1) is 17.5 Å². The van der Waals surface area contributed by atoms with Crippen LogP contribution >= 0.6 is 11.6 Å². The summed E-state index contributed by atoms with van der Waals surface area (Å²) in [6, 6.07) is 11.7. The van der Waals surface area contributed by atoms with Gasteiger partial charge in [-0.2, -0.15) is 4.39 Å². The number of pyridine rings is 1. The minimum Gasteiger partial charge on any atom is -0.593 e. The van der Waals surface area contributed by atoms with E-state index in [-0.39, 0.29) is 17.6 Å². The number of anilines is 2. The fourth-order valence-electron chi connectivity index (χ4n) is 2.92. The average Bonchev–Trinajstić information content (AvgIpc) is 2.82. The maximum atomic E-state index is 14.8. The van der Waals surface area contributed by atoms with E-state index in [2.05, 4.69) is 19.7 Å². The molecule has 2 aromatic heterocycles. The molecule has 0 saturated heterocycles. The lowest BCUT2D eigenvalue weighted by Crippen LogP contribution is -2.18. The summed E-state index contributed by atoms with van der Waals surface area (Å²) in [6.45, 7) is 0. The molecule has 1 unspecified atom stereocenters. The Morgan fingerprint density at radius 1 is 1.03 bits per heavy atom. The first-order valence-electron chi connectivity index (χ1n) is 9.60. The van der Waals surface area contributed by atoms with Gasteiger partial charge in [-0.1, -0.05) is 23.7 Å². The second-order valence-corrected chi connectivity index (χ2v) is 8.46. The Hall–Kier alpha value is -3.54. The van der Waals surface area contributed by atoms with Crippen LogP contribution in [0.2, 0.25) is 5.02 Å². The molecule has 12 heteroatoms. The van der Waals surface area contributed by atoms with Gasteiger partial charge in [0.05, 0.1) is 22.6 Å². The fraction of sp³-hybridized carbons (Fsp3) is 0.0455. The monoisotopic (exact) mass is 505 g/mol. The molecule has 0 aliphatic rings. The molecule has 3 N–H and O–H groups in total. The molecule has 0 fully saturated rings. The summed E-state index contributed by atoms with van der Waals surface area (Å²) in [5.74, 6) is -5.32. The van der Waals surface area contributed by atoms with Crippen molar-refractivity contribution in [3.8, 4) is 22.9 Å². The fourth-order valence-corrected chi connectivity index (χ4v) is 4.03. The maximum Gasteiger partial charge on any atom is 0.228 e. The number of ether oxygens (including phenoxy) is 1. The van der Waals surface area contributed by atoms with Crippen molar-refractivity contribution >= 4 is 34.6 Å². The van der Waals surface area contributed by atoms with Crippen LogP contribution in [0.1, 0.15) is 5.56 Å². The molecule has 1 atom stereocenters. The van der Waals surface area contributed by atoms with Crippen molar-refractivity contribution in [2.24, 2.45) is 0 Å². The van der Waals surface area contributed by atoms with Gasteiger partial charge in [0.25, 0.3) is 0 Å². The summed E-state index contributed by atoms with van der Waals surface area (Å²) in [7, 11) is 0. The third kappa shape index (κ3) is 5.33. The molecule has 0 aliphatic carbocycles. The van der Waals surface area contributed by atoms with Crippen molar-refractivity contribution in [1.82, 2.24) is 15.0 Å². The van der Waals surface area contributed by atoms with Crippen LogP contribution < -0.4 is 15.2 Å². The first kappa shape index (κ1) is 23.6. The van der Waals surface area contributed by atoms with Crippen LogP contribution in [0.15, 0.2) is 60.9 Å². The number of nitrogens with one attached hydrogen (secondary N) is 1. The van der Waals surface area contributed by atoms with Crippen molar-refractivity contribution in [3.63, 3.8) is 0 Å². The molecular formula is C22H15ClF3N5O2S. The highest BCUT2D eigenvalue weighted by Crippen LogP contribution is 2.35. The van der Waals surface area contributed by atoms with Crippen LogP contribution in [-0.4, -0.2) is 19.5 Å². The zero-order chi connectivity index (χ0) is 24.2. The standard InChI is InChI=1S/C22H15ClF3N5O2S/c23-13-5-3-12(4-6-13)11-34(32)31-20-15(24)10-17(18(25)19(20)26)33-21-14(2-1-8-28-21)16-7-9-29-22(27)30-16/h1-10,31H,11H2,(H2,27,29,30). The zero-order valence-electron chi connectivity index (χ0n) is 17.1. The second kappa shape index (κ2) is 10.2. The largest absolute Gasteiger partial charge is 0.593 e. The van der Waals surface area contributed by atoms with Crippen molar-refractivity contribution in [3.05, 3.63) is 89.0 Å². The lowest BCUT2D eigenvalue weighted by molar-refractivity contribution is 0.401. The molecule has 7 nitrogen and oxygen atoms in total. The van der Waals surface area contributed by atoms with Gasteiger partial charge in [-0.05, 0) is 30.3 Å². The Morgan fingerprint density at radius 2 is 1.79 bits per heavy atom. The molecule has 34 heavy (non-hydrogen) atoms. The van der Waals surface area contributed by atoms with Crippen LogP contribution in [0.4, 0.5) is 24.8 Å². The Kier molecular flexibility index (Phi) is 7.06. The summed E-state index contributed by atoms with van der Waals surface area (Å²) >= 11 is 3.85. The van der Waals surface area contributed by atoms with E-state index in [0.717, 1.165) is 0 Å². The van der Waals surface area contributed by atoms with E-state index < -0.39 is 40.3 Å². The van der Waals surface area contributed by atoms with Gasteiger partial charge in [0.1, 0.15) is 0 Å². The van der Waals surface area contributed by atoms with E-state index in [9.17, 15) is 17.7 Å². The predicted molar refractivity (Wildman–Crippen MR) is 123 cm³/mol. The van der Waals surface area contributed by atoms with E-state index in [4.69, 9.17) is 22.1 Å². The Morgan fingerprint density at radius 3 is 2.53 bits per heavy atom. The van der Waals surface area contributed by atoms with Gasteiger partial charge in [0.15, 0.2) is 28.8 Å². The number of nitrogens with zero attached hydrogens (tertiary/aromatic N) is 3. The highest BCUT2D eigenvalue weighted by atomic mass is 35.5. The number of hydrogen-bond acceptors (Lipinski definition) is 7. The number of nitrogen functional groups attached to an aromatic ring is 1. The molecule has 4 aromatic rings. The SMILES string of the molecule is Nc1nccc(-c2cccnc2Oc2cc(F)c(N[S+]([O-])Cc3ccc(Cl)cc3)c(F)c2F)n1. The third-order valence-corrected chi connectivity index (χ3v) is 5.76. The van der Waals surface area contributed by atoms with Crippen LogP contribution in [0.25, 0.3) is 11.3 Å². The zero-order valence-corrected chi connectivity index (χ0v) is 18.7. The van der Waals surface area contributed by atoms with E-state index in [1.54, 1.807) is 36.4 Å². The lowest BCUT2D eigenvalue weighted by atomic mass is 10.2. The number of hydrogen-bond donors (Lipinski definition) is 2. The number of rotatable bonds is 7. The molecule has 0 saturated carbocycles. The summed E-state index contributed by atoms with van der Waals surface area (Å²) in [4.78, 5) is 11.8. The third-order valence-electron chi connectivity index (χ3n) is 4.48. The summed E-state index contributed by atoms with van der Waals surface area (Å²) in [5.41, 5.74) is 5.92. The number of halogens is 4. The van der Waals surface area contributed by atoms with Gasteiger partial charge in [0.2, 0.25) is 17.6 Å². The molecule has 2 aromatic carbocycles. The Bertz CT molecular complexity index is 1330. The van der Waals surface area contributed by atoms with E-state index >= 15 is 0 Å². The second-order valence-electron chi connectivity index (χ2n) is 6.84. The molecule has 0 spiro atoms. The van der Waals surface area contributed by atoms with Crippen molar-refractivity contribution in [2.75, 3.05) is 10.5 Å². The topological polar surface area (TPSA) is 109 Å². The Balaban J connectivity index is 1.58. The van der Waals surface area contributed by atoms with Gasteiger partial charge in [-0.3, -0.25) is 0 Å². The number of benzene rings is 2. The van der Waals surface area contributed by atoms with Gasteiger partial charge in [-0.25, -0.2) is 28.5 Å². The highest BCUT2D eigenvalue weighted by Gasteiger charge is 2.25. The molecule has 4 rings (SSSR count). The smallest absolute Gasteiger partial charge is 0.228 e. The van der Waals surface area contributed by atoms with Gasteiger partial charge < -0.3 is 15.0 Å². The van der Waals surface area contributed by atoms with Gasteiger partial charge in [0, 0.05) is 29.0 Å². The van der Waals surface area contributed by atoms with Gasteiger partial charge in [-0.15, -0.1) is 0 Å². The maximum absolute atomic E-state index is 14.8. The van der Waals surface area contributed by atoms with Crippen LogP contribution in [-0.2, 0) is 17.1 Å². The van der Waals surface area contributed by atoms with E-state index in [1.807, 2.05) is 0 Å². The number of nitrogens with two attached hydrogens (primary N) is 1. The summed E-state index contributed by atoms with van der Waals surface area (Å²) in [6.07, 6.45) is 2.75. The van der Waals surface area contributed by atoms with Crippen LogP contribution in [0.3, 0.4) is 0 Å². The van der Waals surface area contributed by atoms with Crippen molar-refractivity contribution < 1.29 is 22.5 Å². The quantitative estimate of drug-likeness (QED) is 0.260. The highest BCUT2D eigenvalue weighted by molar-refractivity contribution is 7.91. The molecule has 174 valence electrons. The summed E-state index contributed by atoms with van der Waals surface area (Å²) in [5, 5.41) is 0.483. The van der Waals surface area contributed by atoms with Crippen molar-refractivity contribution in [1.29, 1.82) is 0 Å². The predicted octanol–water partition coefficient (Wildman–Crippen LogP) is 5.26. The minimum absolute atomic E-state index is 0.0161. The molecule has 0 amide bonds. The average molecular weight is 506 g/mol. The molecule has 0 bridgehead atoms. The van der Waals surface area contributed by atoms with Gasteiger partial charge >= 0.3 is 0 Å². The molecule has 0 aliphatic heterocycles. The molecular weight excluding hydrogens is 491 g/mol. The minimum atomic E-state index is -1.95. The van der Waals surface area contributed by atoms with E-state index in [1.165, 1.54) is 18.5 Å². The van der Waals surface area contributed by atoms with Crippen molar-refractivity contribution in [2.45, 2.75) is 5.75 Å². The van der Waals surface area contributed by atoms with Crippen LogP contribution in [0.5, 0.6) is 11.6 Å². The first-order valence-corrected chi connectivity index (χ1v) is 11.3. The summed E-state index contributed by atoms with van der Waals surface area (Å²) < 4.78 is 64.0. The molecule has 2 heterocycles.